The number of fused-ring (bicyclic) bond motifs is 1. The van der Waals surface area contributed by atoms with Gasteiger partial charge in [0.1, 0.15) is 5.82 Å². The van der Waals surface area contributed by atoms with Crippen LogP contribution in [0.25, 0.3) is 22.4 Å². The second-order valence-electron chi connectivity index (χ2n) is 12.7. The minimum absolute atomic E-state index is 0.00491. The number of amides is 2. The van der Waals surface area contributed by atoms with Gasteiger partial charge < -0.3 is 15.6 Å². The van der Waals surface area contributed by atoms with E-state index < -0.39 is 0 Å². The lowest BCUT2D eigenvalue weighted by Gasteiger charge is -2.54. The van der Waals surface area contributed by atoms with Gasteiger partial charge in [0.05, 0.1) is 11.0 Å². The Hall–Kier alpha value is -3.15. The smallest absolute Gasteiger partial charge is 0.251 e. The van der Waals surface area contributed by atoms with E-state index in [1.807, 2.05) is 42.5 Å². The molecule has 38 heavy (non-hydrogen) atoms. The van der Waals surface area contributed by atoms with Crippen LogP contribution in [-0.2, 0) is 0 Å². The molecule has 8 rings (SSSR count). The lowest BCUT2D eigenvalue weighted by molar-refractivity contribution is -0.0119. The van der Waals surface area contributed by atoms with Crippen molar-refractivity contribution in [2.75, 3.05) is 0 Å². The van der Waals surface area contributed by atoms with Crippen LogP contribution in [0, 0.1) is 29.6 Å². The number of carbonyl (C=O) groups excluding carboxylic acids is 2. The first-order valence-corrected chi connectivity index (χ1v) is 14.7. The fourth-order valence-electron chi connectivity index (χ4n) is 8.24. The van der Waals surface area contributed by atoms with Crippen LogP contribution in [0.4, 0.5) is 0 Å². The predicted octanol–water partition coefficient (Wildman–Crippen LogP) is 6.09. The van der Waals surface area contributed by atoms with E-state index in [2.05, 4.69) is 22.5 Å². The van der Waals surface area contributed by atoms with Gasteiger partial charge in [-0.15, -0.1) is 0 Å². The van der Waals surface area contributed by atoms with E-state index in [0.29, 0.717) is 34.9 Å². The maximum Gasteiger partial charge on any atom is 0.251 e. The van der Waals surface area contributed by atoms with Gasteiger partial charge in [-0.05, 0) is 105 Å². The number of nitrogens with zero attached hydrogens (tertiary/aromatic N) is 1. The van der Waals surface area contributed by atoms with Crippen LogP contribution in [0.1, 0.15) is 85.4 Å². The van der Waals surface area contributed by atoms with E-state index in [-0.39, 0.29) is 17.9 Å². The van der Waals surface area contributed by atoms with Crippen molar-refractivity contribution in [2.45, 2.75) is 76.8 Å². The summed E-state index contributed by atoms with van der Waals surface area (Å²) in [7, 11) is 0. The van der Waals surface area contributed by atoms with Gasteiger partial charge in [0, 0.05) is 28.8 Å². The molecule has 6 nitrogen and oxygen atoms in total. The Morgan fingerprint density at radius 2 is 1.47 bits per heavy atom. The molecule has 5 aliphatic carbocycles. The molecule has 0 radical (unpaired) electrons. The first-order valence-electron chi connectivity index (χ1n) is 14.7. The number of hydrogen-bond acceptors (Lipinski definition) is 3. The van der Waals surface area contributed by atoms with Crippen molar-refractivity contribution >= 4 is 22.8 Å². The Kier molecular flexibility index (Phi) is 6.01. The molecular weight excluding hydrogens is 472 g/mol. The van der Waals surface area contributed by atoms with E-state index in [4.69, 9.17) is 4.98 Å². The van der Waals surface area contributed by atoms with Crippen molar-refractivity contribution in [3.05, 3.63) is 53.6 Å². The van der Waals surface area contributed by atoms with Crippen LogP contribution in [0.2, 0.25) is 0 Å². The Morgan fingerprint density at radius 3 is 2.18 bits per heavy atom. The molecule has 0 aliphatic heterocycles. The molecule has 0 spiro atoms. The van der Waals surface area contributed by atoms with Gasteiger partial charge in [-0.3, -0.25) is 9.59 Å². The summed E-state index contributed by atoms with van der Waals surface area (Å²) >= 11 is 0. The Bertz CT molecular complexity index is 1330. The summed E-state index contributed by atoms with van der Waals surface area (Å²) < 4.78 is 0. The molecule has 198 valence electrons. The van der Waals surface area contributed by atoms with Crippen molar-refractivity contribution in [1.29, 1.82) is 0 Å². The molecule has 2 aromatic carbocycles. The van der Waals surface area contributed by atoms with Gasteiger partial charge in [-0.1, -0.05) is 31.9 Å². The highest BCUT2D eigenvalue weighted by Crippen LogP contribution is 2.53. The van der Waals surface area contributed by atoms with Gasteiger partial charge in [-0.25, -0.2) is 4.98 Å². The zero-order valence-corrected chi connectivity index (χ0v) is 22.2. The molecule has 5 saturated carbocycles. The lowest BCUT2D eigenvalue weighted by Crippen LogP contribution is -2.55. The first-order chi connectivity index (χ1) is 18.5. The second kappa shape index (κ2) is 9.55. The highest BCUT2D eigenvalue weighted by molar-refractivity contribution is 5.98. The largest absolute Gasteiger partial charge is 0.349 e. The molecule has 1 heterocycles. The van der Waals surface area contributed by atoms with Gasteiger partial charge >= 0.3 is 0 Å². The van der Waals surface area contributed by atoms with E-state index >= 15 is 0 Å². The number of hydrogen-bond donors (Lipinski definition) is 3. The normalized spacial score (nSPS) is 31.9. The number of nitrogens with one attached hydrogen (secondary N) is 3. The molecule has 3 N–H and O–H groups in total. The van der Waals surface area contributed by atoms with Crippen molar-refractivity contribution in [2.24, 2.45) is 29.6 Å². The van der Waals surface area contributed by atoms with Crippen molar-refractivity contribution in [1.82, 2.24) is 20.6 Å². The fourth-order valence-corrected chi connectivity index (χ4v) is 8.24. The van der Waals surface area contributed by atoms with Gasteiger partial charge in [0.25, 0.3) is 11.8 Å². The monoisotopic (exact) mass is 510 g/mol. The van der Waals surface area contributed by atoms with Crippen LogP contribution >= 0.6 is 0 Å². The highest BCUT2D eigenvalue weighted by Gasteiger charge is 2.48. The molecule has 3 aromatic rings. The summed E-state index contributed by atoms with van der Waals surface area (Å²) in [5.74, 6) is 4.40. The zero-order valence-electron chi connectivity index (χ0n) is 22.2. The van der Waals surface area contributed by atoms with E-state index in [1.54, 1.807) is 0 Å². The summed E-state index contributed by atoms with van der Waals surface area (Å²) in [5.41, 5.74) is 3.95. The number of aromatic amines is 1. The van der Waals surface area contributed by atoms with E-state index in [1.165, 1.54) is 51.4 Å². The quantitative estimate of drug-likeness (QED) is 0.388. The van der Waals surface area contributed by atoms with Crippen molar-refractivity contribution in [3.8, 4) is 11.4 Å². The van der Waals surface area contributed by atoms with Crippen LogP contribution in [-0.4, -0.2) is 33.9 Å². The van der Waals surface area contributed by atoms with Crippen LogP contribution in [0.15, 0.2) is 42.5 Å². The summed E-state index contributed by atoms with van der Waals surface area (Å²) in [6.45, 7) is 2.23. The average Bonchev–Trinajstić information content (AvgIpc) is 3.35. The van der Waals surface area contributed by atoms with Crippen LogP contribution in [0.3, 0.4) is 0 Å². The van der Waals surface area contributed by atoms with Crippen LogP contribution in [0.5, 0.6) is 0 Å². The predicted molar refractivity (Wildman–Crippen MR) is 149 cm³/mol. The highest BCUT2D eigenvalue weighted by atomic mass is 16.2. The number of aromatic nitrogens is 2. The van der Waals surface area contributed by atoms with Crippen molar-refractivity contribution < 1.29 is 9.59 Å². The Balaban J connectivity index is 1.04. The molecule has 2 unspecified atom stereocenters. The molecule has 2 amide bonds. The maximum atomic E-state index is 13.2. The summed E-state index contributed by atoms with van der Waals surface area (Å²) in [5, 5.41) is 6.64. The minimum atomic E-state index is -0.00491. The molecule has 6 heteroatoms. The summed E-state index contributed by atoms with van der Waals surface area (Å²) in [6, 6.07) is 14.0. The maximum absolute atomic E-state index is 13.2. The molecule has 1 aromatic heterocycles. The van der Waals surface area contributed by atoms with Crippen LogP contribution < -0.4 is 10.6 Å². The van der Waals surface area contributed by atoms with Crippen molar-refractivity contribution in [3.63, 3.8) is 0 Å². The van der Waals surface area contributed by atoms with Gasteiger partial charge in [0.15, 0.2) is 0 Å². The molecular formula is C32H38N4O2. The number of benzene rings is 2. The van der Waals surface area contributed by atoms with Gasteiger partial charge in [0.2, 0.25) is 0 Å². The Labute approximate surface area is 224 Å². The zero-order chi connectivity index (χ0) is 25.8. The molecule has 4 bridgehead atoms. The van der Waals surface area contributed by atoms with Gasteiger partial charge in [-0.2, -0.15) is 0 Å². The standard InChI is InChI=1S/C32H38N4O2/c1-18-4-2-3-5-26(18)35-31(37)22-8-6-21(7-9-22)30-33-27-11-10-23(17-28(27)34-30)32(38)36-29-24-13-19-12-20(15-24)16-25(29)14-19/h6-11,17-20,24-26,29H,2-5,12-16H2,1H3,(H,33,34)(H,35,37)(H,36,38)/t18?,19-,20+,24-,25?,26?,29?. The number of imidazole rings is 1. The average molecular weight is 511 g/mol. The Morgan fingerprint density at radius 1 is 0.816 bits per heavy atom. The number of H-pyrrole nitrogens is 1. The third-order valence-electron chi connectivity index (χ3n) is 10.1. The molecule has 0 saturated heterocycles. The number of carbonyl (C=O) groups is 2. The minimum Gasteiger partial charge on any atom is -0.349 e. The lowest BCUT2D eigenvalue weighted by atomic mass is 9.54. The van der Waals surface area contributed by atoms with E-state index in [0.717, 1.165) is 40.7 Å². The third kappa shape index (κ3) is 4.42. The molecule has 5 fully saturated rings. The summed E-state index contributed by atoms with van der Waals surface area (Å²) in [4.78, 5) is 34.2. The second-order valence-corrected chi connectivity index (χ2v) is 12.7. The topological polar surface area (TPSA) is 86.9 Å². The number of rotatable bonds is 5. The van der Waals surface area contributed by atoms with E-state index in [9.17, 15) is 9.59 Å². The summed E-state index contributed by atoms with van der Waals surface area (Å²) in [6.07, 6.45) is 11.3. The molecule has 2 atom stereocenters. The SMILES string of the molecule is CC1CCCCC1NC(=O)c1ccc(-c2nc3cc(C(=O)NC4C5C[C@H]6C[C@@H](C5)C[C@@H]4C6)ccc3[nH]2)cc1. The third-order valence-corrected chi connectivity index (χ3v) is 10.1. The first kappa shape index (κ1) is 23.9. The molecule has 5 aliphatic rings. The fraction of sp³-hybridized carbons (Fsp3) is 0.531.